The summed E-state index contributed by atoms with van der Waals surface area (Å²) in [7, 11) is 0. The van der Waals surface area contributed by atoms with Crippen LogP contribution in [0, 0.1) is 0 Å². The highest BCUT2D eigenvalue weighted by atomic mass is 32.2. The fourth-order valence-corrected chi connectivity index (χ4v) is 2.36. The number of hydrogen-bond donors (Lipinski definition) is 0. The Bertz CT molecular complexity index is 344. The predicted octanol–water partition coefficient (Wildman–Crippen LogP) is 4.53. The van der Waals surface area contributed by atoms with Crippen molar-refractivity contribution in [3.8, 4) is 0 Å². The Morgan fingerprint density at radius 2 is 2.06 bits per heavy atom. The summed E-state index contributed by atoms with van der Waals surface area (Å²) in [5, 5.41) is 2.13. The molecule has 1 rings (SSSR count). The fraction of sp³-hybridized carbons (Fsp3) is 0.231. The molecule has 1 aromatic carbocycles. The van der Waals surface area contributed by atoms with E-state index in [4.69, 9.17) is 4.74 Å². The first-order valence-corrected chi connectivity index (χ1v) is 7.21. The highest BCUT2D eigenvalue weighted by Crippen LogP contribution is 2.24. The van der Waals surface area contributed by atoms with E-state index in [0.717, 1.165) is 0 Å². The first-order valence-electron chi connectivity index (χ1n) is 5.11. The standard InChI is InChI=1S/C13H16OS2/c1-3-14-10-9-13(15-2)11-16-12-7-5-4-6-8-12/h4-11H,3H2,1-2H3/b10-9+,13-11?. The summed E-state index contributed by atoms with van der Waals surface area (Å²) in [6.45, 7) is 2.69. The minimum atomic E-state index is 0.712. The Hall–Kier alpha value is -0.800. The van der Waals surface area contributed by atoms with Crippen molar-refractivity contribution in [1.29, 1.82) is 0 Å². The van der Waals surface area contributed by atoms with Gasteiger partial charge in [-0.1, -0.05) is 30.0 Å². The molecular formula is C13H16OS2. The van der Waals surface area contributed by atoms with E-state index in [1.54, 1.807) is 29.8 Å². The van der Waals surface area contributed by atoms with Gasteiger partial charge in [0, 0.05) is 9.80 Å². The van der Waals surface area contributed by atoms with Crippen LogP contribution in [0.3, 0.4) is 0 Å². The first kappa shape index (κ1) is 13.3. The molecular weight excluding hydrogens is 236 g/mol. The van der Waals surface area contributed by atoms with E-state index in [1.165, 1.54) is 9.80 Å². The maximum Gasteiger partial charge on any atom is 0.0845 e. The number of hydrogen-bond acceptors (Lipinski definition) is 3. The number of benzene rings is 1. The second-order valence-corrected chi connectivity index (χ2v) is 4.74. The smallest absolute Gasteiger partial charge is 0.0845 e. The molecule has 86 valence electrons. The third-order valence-corrected chi connectivity index (χ3v) is 3.58. The average Bonchev–Trinajstić information content (AvgIpc) is 2.35. The lowest BCUT2D eigenvalue weighted by atomic mass is 10.4. The quantitative estimate of drug-likeness (QED) is 0.418. The second-order valence-electron chi connectivity index (χ2n) is 2.91. The summed E-state index contributed by atoms with van der Waals surface area (Å²) < 4.78 is 5.17. The molecule has 0 aliphatic rings. The molecule has 16 heavy (non-hydrogen) atoms. The van der Waals surface area contributed by atoms with Crippen LogP contribution >= 0.6 is 23.5 Å². The molecule has 0 N–H and O–H groups in total. The van der Waals surface area contributed by atoms with Gasteiger partial charge < -0.3 is 4.74 Å². The molecule has 0 heterocycles. The van der Waals surface area contributed by atoms with Crippen molar-refractivity contribution in [2.45, 2.75) is 11.8 Å². The van der Waals surface area contributed by atoms with Crippen LogP contribution < -0.4 is 0 Å². The molecule has 0 unspecified atom stereocenters. The van der Waals surface area contributed by atoms with Gasteiger partial charge in [-0.3, -0.25) is 0 Å². The number of thioether (sulfide) groups is 2. The van der Waals surface area contributed by atoms with Crippen molar-refractivity contribution in [3.63, 3.8) is 0 Å². The minimum absolute atomic E-state index is 0.712. The fourth-order valence-electron chi connectivity index (χ4n) is 0.992. The summed E-state index contributed by atoms with van der Waals surface area (Å²) in [4.78, 5) is 2.45. The molecule has 0 atom stereocenters. The van der Waals surface area contributed by atoms with Crippen molar-refractivity contribution in [3.05, 3.63) is 53.0 Å². The maximum absolute atomic E-state index is 5.17. The molecule has 1 nitrogen and oxygen atoms in total. The van der Waals surface area contributed by atoms with Crippen LogP contribution in [0.4, 0.5) is 0 Å². The van der Waals surface area contributed by atoms with Crippen molar-refractivity contribution in [1.82, 2.24) is 0 Å². The van der Waals surface area contributed by atoms with Crippen LogP contribution in [0.2, 0.25) is 0 Å². The van der Waals surface area contributed by atoms with Crippen LogP contribution in [0.15, 0.2) is 57.9 Å². The Balaban J connectivity index is 2.53. The van der Waals surface area contributed by atoms with Crippen molar-refractivity contribution in [2.24, 2.45) is 0 Å². The van der Waals surface area contributed by atoms with E-state index >= 15 is 0 Å². The predicted molar refractivity (Wildman–Crippen MR) is 74.7 cm³/mol. The van der Waals surface area contributed by atoms with E-state index in [9.17, 15) is 0 Å². The van der Waals surface area contributed by atoms with E-state index in [1.807, 2.05) is 31.2 Å². The van der Waals surface area contributed by atoms with Crippen LogP contribution in [0.1, 0.15) is 6.92 Å². The highest BCUT2D eigenvalue weighted by Gasteiger charge is 1.92. The summed E-state index contributed by atoms with van der Waals surface area (Å²) in [5.41, 5.74) is 0. The van der Waals surface area contributed by atoms with Crippen molar-refractivity contribution in [2.75, 3.05) is 12.9 Å². The molecule has 0 aliphatic carbocycles. The number of ether oxygens (including phenoxy) is 1. The molecule has 3 heteroatoms. The zero-order valence-electron chi connectivity index (χ0n) is 9.55. The molecule has 0 bridgehead atoms. The summed E-state index contributed by atoms with van der Waals surface area (Å²) in [6, 6.07) is 10.3. The molecule has 0 amide bonds. The molecule has 0 saturated carbocycles. The number of allylic oxidation sites excluding steroid dienone is 1. The van der Waals surface area contributed by atoms with Crippen LogP contribution in [-0.2, 0) is 4.74 Å². The summed E-state index contributed by atoms with van der Waals surface area (Å²) in [5.74, 6) is 0. The zero-order valence-corrected chi connectivity index (χ0v) is 11.2. The largest absolute Gasteiger partial charge is 0.501 e. The van der Waals surface area contributed by atoms with Crippen molar-refractivity contribution >= 4 is 23.5 Å². The molecule has 1 aromatic rings. The van der Waals surface area contributed by atoms with Crippen LogP contribution in [0.25, 0.3) is 0 Å². The second kappa shape index (κ2) is 8.36. The lowest BCUT2D eigenvalue weighted by molar-refractivity contribution is 0.269. The van der Waals surface area contributed by atoms with Gasteiger partial charge in [-0.05, 0) is 36.8 Å². The Morgan fingerprint density at radius 1 is 1.31 bits per heavy atom. The normalized spacial score (nSPS) is 12.0. The van der Waals surface area contributed by atoms with Gasteiger partial charge >= 0.3 is 0 Å². The number of rotatable bonds is 6. The van der Waals surface area contributed by atoms with Crippen molar-refractivity contribution < 1.29 is 4.74 Å². The SMILES string of the molecule is CCO/C=C/C(=CSc1ccccc1)SC. The van der Waals surface area contributed by atoms with Gasteiger partial charge in [-0.15, -0.1) is 11.8 Å². The maximum atomic E-state index is 5.17. The monoisotopic (exact) mass is 252 g/mol. The van der Waals surface area contributed by atoms with Gasteiger partial charge in [-0.2, -0.15) is 0 Å². The van der Waals surface area contributed by atoms with Gasteiger partial charge in [0.1, 0.15) is 0 Å². The Morgan fingerprint density at radius 3 is 2.69 bits per heavy atom. The third kappa shape index (κ3) is 5.33. The summed E-state index contributed by atoms with van der Waals surface area (Å²) in [6.07, 6.45) is 5.80. The van der Waals surface area contributed by atoms with Crippen LogP contribution in [0.5, 0.6) is 0 Å². The molecule has 0 aliphatic heterocycles. The van der Waals surface area contributed by atoms with Gasteiger partial charge in [0.15, 0.2) is 0 Å². The van der Waals surface area contributed by atoms with E-state index in [2.05, 4.69) is 23.8 Å². The van der Waals surface area contributed by atoms with Crippen LogP contribution in [-0.4, -0.2) is 12.9 Å². The van der Waals surface area contributed by atoms with Gasteiger partial charge in [-0.25, -0.2) is 0 Å². The lowest BCUT2D eigenvalue weighted by Crippen LogP contribution is -1.77. The van der Waals surface area contributed by atoms with E-state index in [0.29, 0.717) is 6.61 Å². The Labute approximate surface area is 106 Å². The summed E-state index contributed by atoms with van der Waals surface area (Å²) >= 11 is 3.43. The van der Waals surface area contributed by atoms with Gasteiger partial charge in [0.05, 0.1) is 12.9 Å². The molecule has 0 radical (unpaired) electrons. The lowest BCUT2D eigenvalue weighted by Gasteiger charge is -1.99. The van der Waals surface area contributed by atoms with E-state index < -0.39 is 0 Å². The topological polar surface area (TPSA) is 9.23 Å². The first-order chi connectivity index (χ1) is 7.86. The van der Waals surface area contributed by atoms with E-state index in [-0.39, 0.29) is 0 Å². The zero-order chi connectivity index (χ0) is 11.6. The molecule has 0 saturated heterocycles. The molecule has 0 fully saturated rings. The molecule has 0 aromatic heterocycles. The Kier molecular flexibility index (Phi) is 6.93. The third-order valence-electron chi connectivity index (χ3n) is 1.79. The molecule has 0 spiro atoms. The minimum Gasteiger partial charge on any atom is -0.501 e. The van der Waals surface area contributed by atoms with Gasteiger partial charge in [0.25, 0.3) is 0 Å². The highest BCUT2D eigenvalue weighted by molar-refractivity contribution is 8.06. The average molecular weight is 252 g/mol. The van der Waals surface area contributed by atoms with Gasteiger partial charge in [0.2, 0.25) is 0 Å².